The molecule has 104 valence electrons. The van der Waals surface area contributed by atoms with Crippen LogP contribution in [0.5, 0.6) is 0 Å². The Kier molecular flexibility index (Phi) is 4.14. The second kappa shape index (κ2) is 5.64. The fourth-order valence-corrected chi connectivity index (χ4v) is 3.33. The molecule has 0 radical (unpaired) electrons. The number of sulfonamides is 1. The molecule has 1 amide bonds. The van der Waals surface area contributed by atoms with Crippen molar-refractivity contribution in [2.45, 2.75) is 37.6 Å². The first-order valence-corrected chi connectivity index (χ1v) is 7.83. The molecular formula is C12H17N3O3S. The van der Waals surface area contributed by atoms with E-state index in [0.29, 0.717) is 0 Å². The van der Waals surface area contributed by atoms with Crippen molar-refractivity contribution in [3.63, 3.8) is 0 Å². The lowest BCUT2D eigenvalue weighted by molar-refractivity contribution is -0.125. The molecule has 0 bridgehead atoms. The van der Waals surface area contributed by atoms with E-state index in [1.807, 2.05) is 6.92 Å². The first kappa shape index (κ1) is 13.9. The van der Waals surface area contributed by atoms with Gasteiger partial charge in [-0.15, -0.1) is 5.10 Å². The molecule has 0 aliphatic heterocycles. The van der Waals surface area contributed by atoms with Crippen LogP contribution >= 0.6 is 0 Å². The lowest BCUT2D eigenvalue weighted by Crippen LogP contribution is -2.39. The van der Waals surface area contributed by atoms with Gasteiger partial charge < -0.3 is 0 Å². The van der Waals surface area contributed by atoms with Crippen molar-refractivity contribution in [1.29, 1.82) is 0 Å². The molecule has 1 aromatic rings. The minimum Gasteiger partial charge on any atom is -0.274 e. The van der Waals surface area contributed by atoms with Crippen LogP contribution in [-0.4, -0.2) is 24.5 Å². The van der Waals surface area contributed by atoms with Crippen LogP contribution in [-0.2, 0) is 14.8 Å². The van der Waals surface area contributed by atoms with Crippen LogP contribution < -0.4 is 4.72 Å². The van der Waals surface area contributed by atoms with Gasteiger partial charge in [-0.3, -0.25) is 4.79 Å². The Morgan fingerprint density at radius 3 is 2.74 bits per heavy atom. The largest absolute Gasteiger partial charge is 0.283 e. The van der Waals surface area contributed by atoms with E-state index in [-0.39, 0.29) is 16.9 Å². The number of rotatable bonds is 3. The molecule has 0 saturated heterocycles. The highest BCUT2D eigenvalue weighted by atomic mass is 32.2. The Bertz CT molecular complexity index is 545. The van der Waals surface area contributed by atoms with E-state index in [0.717, 1.165) is 25.7 Å². The first-order chi connectivity index (χ1) is 9.00. The Labute approximate surface area is 112 Å². The monoisotopic (exact) mass is 283 g/mol. The SMILES string of the molecule is CC1CCCCC1C(=O)NS(=O)(=O)c1cccnn1. The quantitative estimate of drug-likeness (QED) is 0.897. The second-order valence-electron chi connectivity index (χ2n) is 4.90. The molecule has 1 saturated carbocycles. The van der Waals surface area contributed by atoms with Crippen molar-refractivity contribution in [2.75, 3.05) is 0 Å². The molecule has 1 aliphatic carbocycles. The molecule has 1 fully saturated rings. The summed E-state index contributed by atoms with van der Waals surface area (Å²) in [6, 6.07) is 2.78. The Morgan fingerprint density at radius 1 is 1.37 bits per heavy atom. The number of aromatic nitrogens is 2. The lowest BCUT2D eigenvalue weighted by Gasteiger charge is -2.27. The van der Waals surface area contributed by atoms with Crippen molar-refractivity contribution in [3.05, 3.63) is 18.3 Å². The van der Waals surface area contributed by atoms with E-state index >= 15 is 0 Å². The number of hydrogen-bond acceptors (Lipinski definition) is 5. The average molecular weight is 283 g/mol. The van der Waals surface area contributed by atoms with Gasteiger partial charge in [0.15, 0.2) is 5.03 Å². The molecule has 1 N–H and O–H groups in total. The minimum absolute atomic E-state index is 0.214. The zero-order valence-electron chi connectivity index (χ0n) is 10.7. The number of hydrogen-bond donors (Lipinski definition) is 1. The fraction of sp³-hybridized carbons (Fsp3) is 0.583. The summed E-state index contributed by atoms with van der Waals surface area (Å²) in [5.74, 6) is -0.455. The normalized spacial score (nSPS) is 23.8. The average Bonchev–Trinajstić information content (AvgIpc) is 2.39. The van der Waals surface area contributed by atoms with Crippen molar-refractivity contribution in [1.82, 2.24) is 14.9 Å². The lowest BCUT2D eigenvalue weighted by atomic mass is 9.80. The number of carbonyl (C=O) groups excluding carboxylic acids is 1. The molecule has 1 aliphatic rings. The van der Waals surface area contributed by atoms with E-state index in [9.17, 15) is 13.2 Å². The summed E-state index contributed by atoms with van der Waals surface area (Å²) >= 11 is 0. The molecule has 1 aromatic heterocycles. The molecule has 7 heteroatoms. The maximum atomic E-state index is 12.1. The van der Waals surface area contributed by atoms with Gasteiger partial charge in [-0.05, 0) is 30.9 Å². The fourth-order valence-electron chi connectivity index (χ4n) is 2.40. The highest BCUT2D eigenvalue weighted by molar-refractivity contribution is 7.90. The first-order valence-electron chi connectivity index (χ1n) is 6.35. The van der Waals surface area contributed by atoms with E-state index < -0.39 is 15.9 Å². The summed E-state index contributed by atoms with van der Waals surface area (Å²) < 4.78 is 26.0. The van der Waals surface area contributed by atoms with Crippen molar-refractivity contribution >= 4 is 15.9 Å². The third kappa shape index (κ3) is 3.28. The van der Waals surface area contributed by atoms with E-state index in [4.69, 9.17) is 0 Å². The van der Waals surface area contributed by atoms with Crippen LogP contribution in [0.25, 0.3) is 0 Å². The summed E-state index contributed by atoms with van der Waals surface area (Å²) in [5.41, 5.74) is 0. The number of nitrogens with zero attached hydrogens (tertiary/aromatic N) is 2. The number of carbonyl (C=O) groups is 1. The highest BCUT2D eigenvalue weighted by Crippen LogP contribution is 2.29. The van der Waals surface area contributed by atoms with Gasteiger partial charge in [-0.1, -0.05) is 19.8 Å². The van der Waals surface area contributed by atoms with Gasteiger partial charge >= 0.3 is 0 Å². The van der Waals surface area contributed by atoms with E-state index in [1.165, 1.54) is 18.3 Å². The van der Waals surface area contributed by atoms with Gasteiger partial charge in [0.25, 0.3) is 10.0 Å². The standard InChI is InChI=1S/C12H17N3O3S/c1-9-5-2-3-6-10(9)12(16)15-19(17,18)11-7-4-8-13-14-11/h4,7-10H,2-3,5-6H2,1H3,(H,15,16). The number of amides is 1. The molecule has 2 unspecified atom stereocenters. The molecule has 1 heterocycles. The van der Waals surface area contributed by atoms with E-state index in [1.54, 1.807) is 0 Å². The topological polar surface area (TPSA) is 89.0 Å². The molecule has 6 nitrogen and oxygen atoms in total. The van der Waals surface area contributed by atoms with Crippen LogP contribution in [0.2, 0.25) is 0 Å². The minimum atomic E-state index is -3.91. The van der Waals surface area contributed by atoms with Crippen molar-refractivity contribution in [2.24, 2.45) is 11.8 Å². The molecule has 2 rings (SSSR count). The summed E-state index contributed by atoms with van der Waals surface area (Å²) in [4.78, 5) is 12.1. The zero-order chi connectivity index (χ0) is 13.9. The Hall–Kier alpha value is -1.50. The Balaban J connectivity index is 2.10. The van der Waals surface area contributed by atoms with Crippen molar-refractivity contribution in [3.8, 4) is 0 Å². The smallest absolute Gasteiger partial charge is 0.274 e. The van der Waals surface area contributed by atoms with Crippen LogP contribution in [0.3, 0.4) is 0 Å². The van der Waals surface area contributed by atoms with Crippen LogP contribution in [0.15, 0.2) is 23.4 Å². The third-order valence-corrected chi connectivity index (χ3v) is 4.74. The van der Waals surface area contributed by atoms with Gasteiger partial charge in [-0.25, -0.2) is 4.72 Å². The molecule has 0 spiro atoms. The molecule has 19 heavy (non-hydrogen) atoms. The maximum absolute atomic E-state index is 12.1. The van der Waals surface area contributed by atoms with Crippen LogP contribution in [0.1, 0.15) is 32.6 Å². The Morgan fingerprint density at radius 2 is 2.11 bits per heavy atom. The van der Waals surface area contributed by atoms with Crippen LogP contribution in [0.4, 0.5) is 0 Å². The van der Waals surface area contributed by atoms with Crippen LogP contribution in [0, 0.1) is 11.8 Å². The summed E-state index contributed by atoms with van der Waals surface area (Å²) in [6.45, 7) is 1.98. The molecule has 2 atom stereocenters. The molecular weight excluding hydrogens is 266 g/mol. The summed E-state index contributed by atoms with van der Waals surface area (Å²) in [7, 11) is -3.91. The van der Waals surface area contributed by atoms with Gasteiger partial charge in [0.2, 0.25) is 5.91 Å². The third-order valence-electron chi connectivity index (χ3n) is 3.51. The summed E-state index contributed by atoms with van der Waals surface area (Å²) in [6.07, 6.45) is 5.14. The van der Waals surface area contributed by atoms with E-state index in [2.05, 4.69) is 14.9 Å². The van der Waals surface area contributed by atoms with Gasteiger partial charge in [0.05, 0.1) is 0 Å². The number of nitrogens with one attached hydrogen (secondary N) is 1. The van der Waals surface area contributed by atoms with Gasteiger partial charge in [-0.2, -0.15) is 13.5 Å². The summed E-state index contributed by atoms with van der Waals surface area (Å²) in [5, 5.41) is 6.79. The second-order valence-corrected chi connectivity index (χ2v) is 6.53. The van der Waals surface area contributed by atoms with Gasteiger partial charge in [0, 0.05) is 12.1 Å². The maximum Gasteiger partial charge on any atom is 0.283 e. The highest BCUT2D eigenvalue weighted by Gasteiger charge is 2.31. The van der Waals surface area contributed by atoms with Gasteiger partial charge in [0.1, 0.15) is 0 Å². The predicted molar refractivity (Wildman–Crippen MR) is 68.5 cm³/mol. The molecule has 0 aromatic carbocycles. The predicted octanol–water partition coefficient (Wildman–Crippen LogP) is 1.11. The zero-order valence-corrected chi connectivity index (χ0v) is 11.6. The van der Waals surface area contributed by atoms with Crippen molar-refractivity contribution < 1.29 is 13.2 Å².